The summed E-state index contributed by atoms with van der Waals surface area (Å²) in [4.78, 5) is 40.6. The third-order valence-corrected chi connectivity index (χ3v) is 13.7. The number of benzene rings is 2. The fourth-order valence-corrected chi connectivity index (χ4v) is 10.5. The number of aromatic nitrogens is 2. The molecular formula is C35H42Cl3N11O7S2. The van der Waals surface area contributed by atoms with Crippen LogP contribution in [-0.2, 0) is 34.4 Å². The zero-order valence-electron chi connectivity index (χ0n) is 31.1. The van der Waals surface area contributed by atoms with Gasteiger partial charge < -0.3 is 33.0 Å². The van der Waals surface area contributed by atoms with Gasteiger partial charge in [0.05, 0.1) is 26.4 Å². The molecule has 0 radical (unpaired) electrons. The van der Waals surface area contributed by atoms with Crippen molar-refractivity contribution in [1.82, 2.24) is 24.7 Å². The van der Waals surface area contributed by atoms with Gasteiger partial charge in [0.2, 0.25) is 31.2 Å². The van der Waals surface area contributed by atoms with Crippen LogP contribution in [0.25, 0.3) is 21.5 Å². The van der Waals surface area contributed by atoms with Crippen molar-refractivity contribution in [2.45, 2.75) is 72.2 Å². The molecule has 2 fully saturated rings. The summed E-state index contributed by atoms with van der Waals surface area (Å²) in [6, 6.07) is 8.64. The second-order valence-corrected chi connectivity index (χ2v) is 18.2. The van der Waals surface area contributed by atoms with Gasteiger partial charge in [-0.3, -0.25) is 9.59 Å². The zero-order valence-corrected chi connectivity index (χ0v) is 35.0. The SMILES string of the molecule is COCCNC(=O)C1(NS(=O)(=O)c2ccc3c(Cl)cnc(N=C(N)N)c3c2)CCCC1.NC(N)=Nc1ncc(Cl)c2ccc(S(=O)(=O)NC3(C(=O)Cl)CCCC3)cc12. The highest BCUT2D eigenvalue weighted by atomic mass is 35.5. The predicted molar refractivity (Wildman–Crippen MR) is 223 cm³/mol. The number of ether oxygens (including phenoxy) is 1. The summed E-state index contributed by atoms with van der Waals surface area (Å²) in [7, 11) is -6.56. The maximum absolute atomic E-state index is 13.2. The number of pyridine rings is 2. The summed E-state index contributed by atoms with van der Waals surface area (Å²) in [6.45, 7) is 0.626. The van der Waals surface area contributed by atoms with Gasteiger partial charge in [0, 0.05) is 47.6 Å². The summed E-state index contributed by atoms with van der Waals surface area (Å²) < 4.78 is 62.3. The quantitative estimate of drug-likeness (QED) is 0.0439. The van der Waals surface area contributed by atoms with E-state index in [9.17, 15) is 26.4 Å². The molecular weight excluding hydrogens is 857 g/mol. The summed E-state index contributed by atoms with van der Waals surface area (Å²) in [5.41, 5.74) is 19.2. The average molecular weight is 899 g/mol. The molecule has 2 heterocycles. The number of aliphatic imine (C=N–C) groups is 2. The molecule has 2 aliphatic rings. The van der Waals surface area contributed by atoms with E-state index in [0.717, 1.165) is 12.8 Å². The lowest BCUT2D eigenvalue weighted by molar-refractivity contribution is -0.127. The molecule has 2 aromatic heterocycles. The van der Waals surface area contributed by atoms with Crippen molar-refractivity contribution in [2.24, 2.45) is 32.9 Å². The molecule has 2 aliphatic carbocycles. The molecule has 4 aromatic rings. The fraction of sp³-hybridized carbons (Fsp3) is 0.371. The van der Waals surface area contributed by atoms with Crippen molar-refractivity contribution in [2.75, 3.05) is 20.3 Å². The van der Waals surface area contributed by atoms with Crippen LogP contribution in [-0.4, -0.2) is 81.2 Å². The third kappa shape index (κ3) is 10.1. The molecule has 0 spiro atoms. The minimum Gasteiger partial charge on any atom is -0.383 e. The van der Waals surface area contributed by atoms with E-state index in [0.29, 0.717) is 83.3 Å². The van der Waals surface area contributed by atoms with Gasteiger partial charge in [0.1, 0.15) is 11.1 Å². The molecule has 312 valence electrons. The number of nitrogens with one attached hydrogen (secondary N) is 3. The van der Waals surface area contributed by atoms with Crippen molar-refractivity contribution in [3.8, 4) is 0 Å². The Hall–Kier alpha value is -4.41. The maximum Gasteiger partial charge on any atom is 0.242 e. The normalized spacial score (nSPS) is 16.0. The van der Waals surface area contributed by atoms with Crippen LogP contribution in [0, 0.1) is 0 Å². The summed E-state index contributed by atoms with van der Waals surface area (Å²) >= 11 is 18.0. The van der Waals surface area contributed by atoms with Crippen molar-refractivity contribution < 1.29 is 31.2 Å². The second kappa shape index (κ2) is 18.2. The Morgan fingerprint density at radius 1 is 0.724 bits per heavy atom. The number of fused-ring (bicyclic) bond motifs is 2. The number of methoxy groups -OCH3 is 1. The van der Waals surface area contributed by atoms with Crippen molar-refractivity contribution >= 4 is 111 Å². The molecule has 2 saturated carbocycles. The van der Waals surface area contributed by atoms with Gasteiger partial charge in [-0.15, -0.1) is 0 Å². The van der Waals surface area contributed by atoms with Crippen LogP contribution < -0.4 is 37.7 Å². The van der Waals surface area contributed by atoms with E-state index >= 15 is 0 Å². The molecule has 0 atom stereocenters. The number of amides is 1. The maximum atomic E-state index is 13.2. The smallest absolute Gasteiger partial charge is 0.242 e. The molecule has 18 nitrogen and oxygen atoms in total. The highest BCUT2D eigenvalue weighted by Gasteiger charge is 2.45. The molecule has 0 bridgehead atoms. The molecule has 0 aliphatic heterocycles. The topological polar surface area (TPSA) is 302 Å². The second-order valence-electron chi connectivity index (χ2n) is 13.7. The standard InChI is InChI=1S/C19H25ClN6O4S.C16H17Cl2N5O3S/c1-30-9-8-23-17(27)19(6-2-3-7-19)26-31(28,29)12-4-5-13-14(10-12)16(25-18(21)22)24-11-15(13)20;17-12-8-21-13(22-15(19)20)11-7-9(3-4-10(11)12)27(25,26)23-16(14(18)24)5-1-2-6-16/h4-5,10-11,26H,2-3,6-9H2,1H3,(H,23,27)(H4,21,22,24,25);3-4,7-8,23H,1-2,5-6H2,(H4,19,20,21,22). The lowest BCUT2D eigenvalue weighted by Crippen LogP contribution is -2.57. The number of carbonyl (C=O) groups excluding carboxylic acids is 2. The zero-order chi connectivity index (χ0) is 42.5. The number of guanidine groups is 2. The van der Waals surface area contributed by atoms with Gasteiger partial charge in [-0.05, 0) is 61.5 Å². The molecule has 1 amide bonds. The first-order valence-corrected chi connectivity index (χ1v) is 21.8. The van der Waals surface area contributed by atoms with E-state index in [1.54, 1.807) is 6.07 Å². The van der Waals surface area contributed by atoms with Gasteiger partial charge in [0.15, 0.2) is 23.6 Å². The Bertz CT molecular complexity index is 2500. The van der Waals surface area contributed by atoms with E-state index in [4.69, 9.17) is 62.5 Å². The fourth-order valence-electron chi connectivity index (χ4n) is 6.84. The first kappa shape index (κ1) is 44.7. The van der Waals surface area contributed by atoms with E-state index in [1.165, 1.54) is 49.8 Å². The summed E-state index contributed by atoms with van der Waals surface area (Å²) in [6.07, 6.45) is 7.20. The minimum atomic E-state index is -4.05. The number of rotatable bonds is 13. The number of nitrogens with two attached hydrogens (primary N) is 4. The number of hydrogen-bond donors (Lipinski definition) is 7. The molecule has 0 saturated heterocycles. The number of hydrogen-bond acceptors (Lipinski definition) is 11. The number of carbonyl (C=O) groups is 2. The molecule has 11 N–H and O–H groups in total. The van der Waals surface area contributed by atoms with E-state index in [-0.39, 0.29) is 39.3 Å². The number of nitrogens with zero attached hydrogens (tertiary/aromatic N) is 4. The Labute approximate surface area is 349 Å². The lowest BCUT2D eigenvalue weighted by Gasteiger charge is -2.28. The van der Waals surface area contributed by atoms with Crippen molar-refractivity contribution in [3.63, 3.8) is 0 Å². The van der Waals surface area contributed by atoms with E-state index < -0.39 is 36.4 Å². The number of sulfonamides is 2. The van der Waals surface area contributed by atoms with Gasteiger partial charge in [-0.2, -0.15) is 19.4 Å². The summed E-state index contributed by atoms with van der Waals surface area (Å²) in [5, 5.41) is 4.48. The Morgan fingerprint density at radius 3 is 1.53 bits per heavy atom. The molecule has 0 unspecified atom stereocenters. The van der Waals surface area contributed by atoms with Crippen LogP contribution in [0.4, 0.5) is 11.6 Å². The molecule has 6 rings (SSSR count). The van der Waals surface area contributed by atoms with Crippen molar-refractivity contribution in [1.29, 1.82) is 0 Å². The van der Waals surface area contributed by atoms with Crippen molar-refractivity contribution in [3.05, 3.63) is 58.8 Å². The Balaban J connectivity index is 0.000000223. The Morgan fingerprint density at radius 2 is 1.14 bits per heavy atom. The first-order valence-electron chi connectivity index (χ1n) is 17.7. The van der Waals surface area contributed by atoms with Crippen LogP contribution in [0.3, 0.4) is 0 Å². The molecule has 2 aromatic carbocycles. The lowest BCUT2D eigenvalue weighted by atomic mass is 9.98. The number of halogens is 3. The van der Waals surface area contributed by atoms with Crippen LogP contribution in [0.2, 0.25) is 10.0 Å². The molecule has 23 heteroatoms. The van der Waals surface area contributed by atoms with Crippen LogP contribution in [0.15, 0.2) is 68.6 Å². The highest BCUT2D eigenvalue weighted by Crippen LogP contribution is 2.37. The van der Waals surface area contributed by atoms with Gasteiger partial charge >= 0.3 is 0 Å². The predicted octanol–water partition coefficient (Wildman–Crippen LogP) is 3.30. The van der Waals surface area contributed by atoms with Gasteiger partial charge in [-0.25, -0.2) is 26.8 Å². The highest BCUT2D eigenvalue weighted by molar-refractivity contribution is 7.90. The first-order chi connectivity index (χ1) is 27.3. The monoisotopic (exact) mass is 897 g/mol. The van der Waals surface area contributed by atoms with E-state index in [2.05, 4.69) is 34.7 Å². The van der Waals surface area contributed by atoms with Crippen LogP contribution in [0.5, 0.6) is 0 Å². The van der Waals surface area contributed by atoms with Crippen LogP contribution in [0.1, 0.15) is 51.4 Å². The Kier molecular flexibility index (Phi) is 14.1. The summed E-state index contributed by atoms with van der Waals surface area (Å²) in [5.74, 6) is -0.535. The van der Waals surface area contributed by atoms with Crippen LogP contribution >= 0.6 is 34.8 Å². The molecule has 58 heavy (non-hydrogen) atoms. The largest absolute Gasteiger partial charge is 0.383 e. The average Bonchev–Trinajstić information content (AvgIpc) is 3.85. The van der Waals surface area contributed by atoms with E-state index in [1.807, 2.05) is 0 Å². The van der Waals surface area contributed by atoms with Gasteiger partial charge in [0.25, 0.3) is 0 Å². The third-order valence-electron chi connectivity index (χ3n) is 9.65. The minimum absolute atomic E-state index is 0.0490. The van der Waals surface area contributed by atoms with Gasteiger partial charge in [-0.1, -0.05) is 61.0 Å².